The molecule has 10 aliphatic carbocycles. The van der Waals surface area contributed by atoms with Crippen LogP contribution in [-0.2, 0) is 26.3 Å². The van der Waals surface area contributed by atoms with Gasteiger partial charge in [0.1, 0.15) is 11.2 Å². The van der Waals surface area contributed by atoms with Crippen LogP contribution in [0.3, 0.4) is 0 Å². The average Bonchev–Trinajstić information content (AvgIpc) is 4.27. The van der Waals surface area contributed by atoms with Crippen LogP contribution < -0.4 is 5.73 Å². The van der Waals surface area contributed by atoms with Crippen LogP contribution in [0.5, 0.6) is 0 Å². The average molecular weight is 1010 g/mol. The summed E-state index contributed by atoms with van der Waals surface area (Å²) in [6.07, 6.45) is 35.9. The lowest BCUT2D eigenvalue weighted by Gasteiger charge is -2.74. The topological polar surface area (TPSA) is 105 Å². The Labute approximate surface area is 446 Å². The molecule has 4 saturated heterocycles. The largest absolute Gasteiger partial charge is 0.508 e. The summed E-state index contributed by atoms with van der Waals surface area (Å²) in [5, 5.41) is 14.4. The van der Waals surface area contributed by atoms with Crippen LogP contribution in [0.25, 0.3) is 0 Å². The first-order valence-electron chi connectivity index (χ1n) is 32.0. The molecular formula is C67H85N3O5. The Hall–Kier alpha value is -3.36. The van der Waals surface area contributed by atoms with Crippen LogP contribution in [0.1, 0.15) is 202 Å². The first kappa shape index (κ1) is 45.5. The molecule has 6 saturated carbocycles. The zero-order valence-electron chi connectivity index (χ0n) is 45.3. The Bertz CT molecular complexity index is 2850. The third kappa shape index (κ3) is 5.05. The maximum atomic E-state index is 16.9. The van der Waals surface area contributed by atoms with Crippen molar-refractivity contribution in [2.45, 2.75) is 210 Å². The monoisotopic (exact) mass is 1010 g/mol. The number of piperidine rings is 3. The predicted molar refractivity (Wildman–Crippen MR) is 286 cm³/mol. The number of fused-ring (bicyclic) bond motifs is 9. The van der Waals surface area contributed by atoms with Gasteiger partial charge in [-0.05, 0) is 211 Å². The van der Waals surface area contributed by atoms with Gasteiger partial charge in [0.15, 0.2) is 11.4 Å². The molecule has 15 atom stereocenters. The van der Waals surface area contributed by atoms with Gasteiger partial charge in [-0.3, -0.25) is 9.69 Å². The van der Waals surface area contributed by atoms with Gasteiger partial charge in [-0.15, -0.1) is 0 Å². The number of aliphatic hydroxyl groups is 1. The fourth-order valence-electron chi connectivity index (χ4n) is 26.2. The molecule has 0 unspecified atom stereocenters. The van der Waals surface area contributed by atoms with E-state index in [0.29, 0.717) is 88.8 Å². The fourth-order valence-corrected chi connectivity index (χ4v) is 26.2. The lowest BCUT2D eigenvalue weighted by molar-refractivity contribution is -0.284. The van der Waals surface area contributed by atoms with E-state index in [0.717, 1.165) is 74.6 Å². The molecule has 0 radical (unpaired) electrons. The number of esters is 2. The summed E-state index contributed by atoms with van der Waals surface area (Å²) in [6, 6.07) is 7.84. The third-order valence-electron chi connectivity index (χ3n) is 28.4. The van der Waals surface area contributed by atoms with Gasteiger partial charge >= 0.3 is 11.9 Å². The van der Waals surface area contributed by atoms with E-state index in [4.69, 9.17) is 15.2 Å². The number of ether oxygens (including phenoxy) is 2. The molecule has 1 aromatic carbocycles. The van der Waals surface area contributed by atoms with Crippen molar-refractivity contribution >= 4 is 11.9 Å². The van der Waals surface area contributed by atoms with Gasteiger partial charge in [0, 0.05) is 66.1 Å². The van der Waals surface area contributed by atoms with E-state index >= 15 is 9.59 Å². The molecule has 0 amide bonds. The summed E-state index contributed by atoms with van der Waals surface area (Å²) in [7, 11) is 0. The second-order valence-electron chi connectivity index (χ2n) is 30.0. The van der Waals surface area contributed by atoms with E-state index in [1.54, 1.807) is 22.4 Å². The number of nitrogens with zero attached hydrogens (tertiary/aromatic N) is 2. The Morgan fingerprint density at radius 2 is 1.59 bits per heavy atom. The first-order chi connectivity index (χ1) is 36.6. The molecule has 10 fully saturated rings. The zero-order chi connectivity index (χ0) is 49.8. The molecule has 18 rings (SSSR count). The molecule has 8 nitrogen and oxygen atoms in total. The number of aliphatic hydroxyl groups excluding tert-OH is 1. The van der Waals surface area contributed by atoms with Gasteiger partial charge in [0.2, 0.25) is 0 Å². The van der Waals surface area contributed by atoms with E-state index < -0.39 is 16.4 Å². The minimum atomic E-state index is -1.13. The highest BCUT2D eigenvalue weighted by Crippen LogP contribution is 2.90. The van der Waals surface area contributed by atoms with Crippen molar-refractivity contribution in [2.75, 3.05) is 19.6 Å². The number of allylic oxidation sites excluding steroid dienone is 4. The Morgan fingerprint density at radius 1 is 0.800 bits per heavy atom. The number of carbonyl (C=O) groups is 2. The van der Waals surface area contributed by atoms with Crippen molar-refractivity contribution in [3.8, 4) is 0 Å². The number of nitrogens with two attached hydrogens (primary N) is 1. The Morgan fingerprint density at radius 3 is 2.37 bits per heavy atom. The van der Waals surface area contributed by atoms with Crippen LogP contribution in [0.15, 0.2) is 63.8 Å². The summed E-state index contributed by atoms with van der Waals surface area (Å²) in [4.78, 5) is 38.7. The minimum absolute atomic E-state index is 0.102. The molecule has 7 aliphatic heterocycles. The maximum absolute atomic E-state index is 16.9. The molecule has 8 heteroatoms. The molecular weight excluding hydrogens is 927 g/mol. The summed E-state index contributed by atoms with van der Waals surface area (Å²) in [6.45, 7) is 5.54. The fraction of sp³-hybridized carbons (Fsp3) is 0.761. The van der Waals surface area contributed by atoms with Gasteiger partial charge in [0.25, 0.3) is 0 Å². The van der Waals surface area contributed by atoms with Crippen molar-refractivity contribution < 1.29 is 24.2 Å². The number of hydrogen-bond acceptors (Lipinski definition) is 8. The van der Waals surface area contributed by atoms with Gasteiger partial charge < -0.3 is 25.2 Å². The van der Waals surface area contributed by atoms with Crippen LogP contribution in [-0.4, -0.2) is 64.6 Å². The predicted octanol–water partition coefficient (Wildman–Crippen LogP) is 12.9. The van der Waals surface area contributed by atoms with Crippen molar-refractivity contribution in [1.82, 2.24) is 9.80 Å². The SMILES string of the molecule is C[C@@H]1CC2=C3[C@H]4C5=C6[C@@H]7C[C@@]41CCC7=C[C@@H](C1CCCC1)C[C@H]1[C@]64C(=O)O/C(=C(/O)[C@@H]6CC[C@@H]7[C@@H]8C[C@@H](CN7[C@@H]6C6CC7(CCCC7)C7(CCCC7)C6)[C@@H](CC2)N3C8)[C@@]4(CC5)[C@]12OC(=O)c1c(CCCN)cccc12. The van der Waals surface area contributed by atoms with Crippen molar-refractivity contribution in [3.63, 3.8) is 0 Å². The van der Waals surface area contributed by atoms with Gasteiger partial charge in [-0.2, -0.15) is 0 Å². The highest BCUT2D eigenvalue weighted by atomic mass is 16.6. The normalized spacial score (nSPS) is 47.8. The summed E-state index contributed by atoms with van der Waals surface area (Å²) in [5.74, 6) is 3.90. The molecule has 1 aromatic rings. The molecule has 7 heterocycles. The number of benzene rings is 1. The summed E-state index contributed by atoms with van der Waals surface area (Å²) >= 11 is 0. The second-order valence-corrected chi connectivity index (χ2v) is 30.0. The van der Waals surface area contributed by atoms with E-state index in [-0.39, 0.29) is 41.1 Å². The molecule has 17 aliphatic rings. The standard InChI is InChI=1S/C67H85N3O5/c1-37-28-41-15-17-50-43-30-44-36-70(50)57(41)55-46-20-26-65-59(58(71)47-16-18-51(44)69(35-43)56(47)45-32-62(21-4-5-22-62)63(33-45)23-6-7-24-63)74-61(73)66(65)52(67(65)49-14-8-12-39(13-9-27-68)53(49)60(72)75-67)31-42(38-10-2-3-11-38)29-40-19-25-64(37,55)34-48(40)54(46)66/h8,12,14,29,37-38,42-45,47-48,50-52,55-56,71H,2-7,9-11,13,15-28,30-36,68H2,1H3/b40-29?,59-58+/t37-,42-,43+,44-,47-,48-,50-,51-,52+,55-,56-,64-,65-,66-,67-/m1/s1. The summed E-state index contributed by atoms with van der Waals surface area (Å²) < 4.78 is 15.1. The van der Waals surface area contributed by atoms with Crippen LogP contribution in [0.2, 0.25) is 0 Å². The highest BCUT2D eigenvalue weighted by Gasteiger charge is 2.94. The van der Waals surface area contributed by atoms with Crippen LogP contribution in [0, 0.1) is 86.3 Å². The Kier molecular flexibility index (Phi) is 9.16. The second kappa shape index (κ2) is 15.1. The number of carbonyl (C=O) groups excluding carboxylic acids is 2. The van der Waals surface area contributed by atoms with Crippen molar-refractivity contribution in [1.29, 1.82) is 0 Å². The highest BCUT2D eigenvalue weighted by molar-refractivity contribution is 6.00. The summed E-state index contributed by atoms with van der Waals surface area (Å²) in [5.41, 5.74) is 14.9. The van der Waals surface area contributed by atoms with Crippen molar-refractivity contribution in [2.24, 2.45) is 92.0 Å². The van der Waals surface area contributed by atoms with Gasteiger partial charge in [0.05, 0.1) is 11.0 Å². The van der Waals surface area contributed by atoms with E-state index in [2.05, 4.69) is 41.0 Å². The molecule has 3 N–H and O–H groups in total. The van der Waals surface area contributed by atoms with Gasteiger partial charge in [-0.1, -0.05) is 86.4 Å². The minimum Gasteiger partial charge on any atom is -0.508 e. The van der Waals surface area contributed by atoms with E-state index in [9.17, 15) is 5.11 Å². The lowest BCUT2D eigenvalue weighted by Crippen LogP contribution is -2.78. The third-order valence-corrected chi connectivity index (χ3v) is 28.4. The zero-order valence-corrected chi connectivity index (χ0v) is 45.3. The van der Waals surface area contributed by atoms with Crippen molar-refractivity contribution in [3.05, 3.63) is 80.5 Å². The number of rotatable bonds is 5. The lowest BCUT2D eigenvalue weighted by atomic mass is 9.26. The quantitative estimate of drug-likeness (QED) is 0.222. The molecule has 398 valence electrons. The molecule has 6 spiro atoms. The first-order valence-corrected chi connectivity index (χ1v) is 32.0. The molecule has 9 bridgehead atoms. The van der Waals surface area contributed by atoms with Crippen LogP contribution >= 0.6 is 0 Å². The van der Waals surface area contributed by atoms with Gasteiger partial charge in [-0.25, -0.2) is 4.79 Å². The maximum Gasteiger partial charge on any atom is 0.339 e. The number of aryl methyl sites for hydroxylation is 1. The molecule has 75 heavy (non-hydrogen) atoms. The van der Waals surface area contributed by atoms with E-state index in [1.807, 2.05) is 0 Å². The van der Waals surface area contributed by atoms with E-state index in [1.165, 1.54) is 134 Å². The molecule has 0 aromatic heterocycles. The Balaban J connectivity index is 0.935. The van der Waals surface area contributed by atoms with Crippen LogP contribution in [0.4, 0.5) is 0 Å². The smallest absolute Gasteiger partial charge is 0.339 e. The number of hydrogen-bond donors (Lipinski definition) is 2.